The van der Waals surface area contributed by atoms with Gasteiger partial charge >= 0.3 is 0 Å². The maximum atomic E-state index is 11.0. The van der Waals surface area contributed by atoms with Gasteiger partial charge in [0.2, 0.25) is 15.9 Å². The van der Waals surface area contributed by atoms with Crippen LogP contribution in [0.1, 0.15) is 12.0 Å². The summed E-state index contributed by atoms with van der Waals surface area (Å²) in [5, 5.41) is 15.8. The fourth-order valence-corrected chi connectivity index (χ4v) is 1.84. The van der Waals surface area contributed by atoms with Crippen molar-refractivity contribution >= 4 is 15.9 Å². The van der Waals surface area contributed by atoms with Gasteiger partial charge in [0.1, 0.15) is 6.42 Å². The van der Waals surface area contributed by atoms with Crippen molar-refractivity contribution in [2.45, 2.75) is 17.7 Å². The number of hydrogen-bond acceptors (Lipinski definition) is 4. The first kappa shape index (κ1) is 14.2. The van der Waals surface area contributed by atoms with E-state index in [1.165, 1.54) is 12.1 Å². The lowest BCUT2D eigenvalue weighted by Crippen LogP contribution is -2.24. The van der Waals surface area contributed by atoms with Gasteiger partial charge in [-0.15, -0.1) is 0 Å². The minimum atomic E-state index is -3.67. The monoisotopic (exact) mass is 267 g/mol. The molecule has 0 aliphatic heterocycles. The summed E-state index contributed by atoms with van der Waals surface area (Å²) in [7, 11) is -3.67. The number of primary sulfonamides is 1. The van der Waals surface area contributed by atoms with E-state index in [2.05, 4.69) is 5.32 Å². The Balaban J connectivity index is 2.51. The number of nitrogens with two attached hydrogens (primary N) is 1. The van der Waals surface area contributed by atoms with E-state index in [0.717, 1.165) is 5.56 Å². The maximum Gasteiger partial charge on any atom is 0.238 e. The summed E-state index contributed by atoms with van der Waals surface area (Å²) < 4.78 is 22.0. The van der Waals surface area contributed by atoms with Crippen molar-refractivity contribution in [3.8, 4) is 6.07 Å². The molecule has 7 heteroatoms. The SMILES string of the molecule is N#CCC(=O)NCCc1ccc(S(N)(=O)=O)cc1. The van der Waals surface area contributed by atoms with Gasteiger partial charge in [0, 0.05) is 6.54 Å². The molecule has 0 saturated heterocycles. The standard InChI is InChI=1S/C11H13N3O3S/c12-7-5-11(15)14-8-6-9-1-3-10(4-2-9)18(13,16)17/h1-4H,5-6,8H2,(H,14,15)(H2,13,16,17). The predicted molar refractivity (Wildman–Crippen MR) is 64.8 cm³/mol. The number of carbonyl (C=O) groups is 1. The third kappa shape index (κ3) is 4.53. The molecule has 0 atom stereocenters. The molecule has 6 nitrogen and oxygen atoms in total. The van der Waals surface area contributed by atoms with E-state index in [1.807, 2.05) is 0 Å². The number of nitriles is 1. The highest BCUT2D eigenvalue weighted by atomic mass is 32.2. The van der Waals surface area contributed by atoms with Crippen molar-refractivity contribution in [3.63, 3.8) is 0 Å². The van der Waals surface area contributed by atoms with Gasteiger partial charge in [-0.25, -0.2) is 13.6 Å². The average molecular weight is 267 g/mol. The maximum absolute atomic E-state index is 11.0. The average Bonchev–Trinajstić information content (AvgIpc) is 2.29. The molecule has 0 aliphatic rings. The lowest BCUT2D eigenvalue weighted by atomic mass is 10.1. The molecule has 0 aromatic heterocycles. The zero-order chi connectivity index (χ0) is 13.6. The molecule has 0 spiro atoms. The first-order valence-corrected chi connectivity index (χ1v) is 6.73. The minimum absolute atomic E-state index is 0.0553. The first-order chi connectivity index (χ1) is 8.43. The lowest BCUT2D eigenvalue weighted by Gasteiger charge is -2.04. The van der Waals surface area contributed by atoms with Gasteiger partial charge in [0.15, 0.2) is 0 Å². The van der Waals surface area contributed by atoms with E-state index in [4.69, 9.17) is 10.4 Å². The van der Waals surface area contributed by atoms with E-state index in [9.17, 15) is 13.2 Å². The number of hydrogen-bond donors (Lipinski definition) is 2. The molecule has 1 aromatic rings. The molecule has 0 fully saturated rings. The van der Waals surface area contributed by atoms with E-state index >= 15 is 0 Å². The smallest absolute Gasteiger partial charge is 0.238 e. The molecule has 1 rings (SSSR count). The Bertz CT molecular complexity index is 558. The van der Waals surface area contributed by atoms with Gasteiger partial charge in [0.25, 0.3) is 0 Å². The van der Waals surface area contributed by atoms with Crippen LogP contribution in [-0.2, 0) is 21.2 Å². The molecule has 0 aliphatic carbocycles. The quantitative estimate of drug-likeness (QED) is 0.775. The number of rotatable bonds is 5. The van der Waals surface area contributed by atoms with Gasteiger partial charge in [-0.2, -0.15) is 5.26 Å². The van der Waals surface area contributed by atoms with Crippen LogP contribution in [0.25, 0.3) is 0 Å². The summed E-state index contributed by atoms with van der Waals surface area (Å²) in [4.78, 5) is 11.0. The van der Waals surface area contributed by atoms with Crippen LogP contribution in [0.3, 0.4) is 0 Å². The largest absolute Gasteiger partial charge is 0.355 e. The Hall–Kier alpha value is -1.91. The number of benzene rings is 1. The first-order valence-electron chi connectivity index (χ1n) is 5.19. The lowest BCUT2D eigenvalue weighted by molar-refractivity contribution is -0.120. The van der Waals surface area contributed by atoms with Crippen molar-refractivity contribution in [2.75, 3.05) is 6.54 Å². The molecule has 3 N–H and O–H groups in total. The molecule has 96 valence electrons. The fourth-order valence-electron chi connectivity index (χ4n) is 1.33. The van der Waals surface area contributed by atoms with Gasteiger partial charge < -0.3 is 5.32 Å². The van der Waals surface area contributed by atoms with Crippen LogP contribution in [0.15, 0.2) is 29.2 Å². The summed E-state index contributed by atoms with van der Waals surface area (Å²) in [6.07, 6.45) is 0.395. The second kappa shape index (κ2) is 6.14. The predicted octanol–water partition coefficient (Wildman–Crippen LogP) is -0.0936. The summed E-state index contributed by atoms with van der Waals surface area (Å²) in [5.41, 5.74) is 0.875. The van der Waals surface area contributed by atoms with Crippen LogP contribution in [0.4, 0.5) is 0 Å². The topological polar surface area (TPSA) is 113 Å². The van der Waals surface area contributed by atoms with Crippen molar-refractivity contribution in [2.24, 2.45) is 5.14 Å². The van der Waals surface area contributed by atoms with Gasteiger partial charge in [-0.05, 0) is 24.1 Å². The van der Waals surface area contributed by atoms with Gasteiger partial charge in [-0.1, -0.05) is 12.1 Å². The van der Waals surface area contributed by atoms with Crippen molar-refractivity contribution < 1.29 is 13.2 Å². The van der Waals surface area contributed by atoms with E-state index in [0.29, 0.717) is 13.0 Å². The molecular weight excluding hydrogens is 254 g/mol. The highest BCUT2D eigenvalue weighted by Crippen LogP contribution is 2.08. The zero-order valence-electron chi connectivity index (χ0n) is 9.59. The molecule has 0 unspecified atom stereocenters. The summed E-state index contributed by atoms with van der Waals surface area (Å²) in [6.45, 7) is 0.398. The van der Waals surface area contributed by atoms with Crippen molar-refractivity contribution in [1.29, 1.82) is 5.26 Å². The van der Waals surface area contributed by atoms with Crippen LogP contribution in [0, 0.1) is 11.3 Å². The van der Waals surface area contributed by atoms with Gasteiger partial charge in [0.05, 0.1) is 11.0 Å². The number of amides is 1. The summed E-state index contributed by atoms with van der Waals surface area (Å²) in [6, 6.07) is 7.85. The molecule has 0 bridgehead atoms. The Labute approximate surface area is 105 Å². The molecule has 0 saturated carbocycles. The zero-order valence-corrected chi connectivity index (χ0v) is 10.4. The summed E-state index contributed by atoms with van der Waals surface area (Å²) in [5.74, 6) is -0.321. The van der Waals surface area contributed by atoms with Crippen LogP contribution in [0.5, 0.6) is 0 Å². The Morgan fingerprint density at radius 3 is 2.44 bits per heavy atom. The van der Waals surface area contributed by atoms with E-state index < -0.39 is 10.0 Å². The Morgan fingerprint density at radius 1 is 1.33 bits per heavy atom. The third-order valence-electron chi connectivity index (χ3n) is 2.23. The second-order valence-electron chi connectivity index (χ2n) is 3.62. The summed E-state index contributed by atoms with van der Waals surface area (Å²) >= 11 is 0. The van der Waals surface area contributed by atoms with Crippen LogP contribution in [0.2, 0.25) is 0 Å². The van der Waals surface area contributed by atoms with Gasteiger partial charge in [-0.3, -0.25) is 4.79 Å². The number of carbonyl (C=O) groups excluding carboxylic acids is 1. The van der Waals surface area contributed by atoms with Crippen molar-refractivity contribution in [3.05, 3.63) is 29.8 Å². The highest BCUT2D eigenvalue weighted by molar-refractivity contribution is 7.89. The molecule has 18 heavy (non-hydrogen) atoms. The molecule has 0 heterocycles. The molecule has 1 amide bonds. The van der Waals surface area contributed by atoms with E-state index in [-0.39, 0.29) is 17.2 Å². The Kier molecular flexibility index (Phi) is 4.83. The van der Waals surface area contributed by atoms with Crippen LogP contribution >= 0.6 is 0 Å². The number of nitrogens with zero attached hydrogens (tertiary/aromatic N) is 1. The molecule has 1 aromatic carbocycles. The Morgan fingerprint density at radius 2 is 1.94 bits per heavy atom. The minimum Gasteiger partial charge on any atom is -0.355 e. The van der Waals surface area contributed by atoms with Crippen molar-refractivity contribution in [1.82, 2.24) is 5.32 Å². The van der Waals surface area contributed by atoms with Crippen LogP contribution in [-0.4, -0.2) is 20.9 Å². The van der Waals surface area contributed by atoms with E-state index in [1.54, 1.807) is 18.2 Å². The molecular formula is C11H13N3O3S. The third-order valence-corrected chi connectivity index (χ3v) is 3.16. The van der Waals surface area contributed by atoms with Crippen LogP contribution < -0.4 is 10.5 Å². The number of nitrogens with one attached hydrogen (secondary N) is 1. The number of sulfonamides is 1. The normalized spacial score (nSPS) is 10.7. The molecule has 0 radical (unpaired) electrons. The second-order valence-corrected chi connectivity index (χ2v) is 5.19. The highest BCUT2D eigenvalue weighted by Gasteiger charge is 2.06. The fraction of sp³-hybridized carbons (Fsp3) is 0.273.